The Morgan fingerprint density at radius 3 is 1.94 bits per heavy atom. The van der Waals surface area contributed by atoms with E-state index in [1.165, 1.54) is 5.57 Å². The molecule has 1 N–H and O–H groups in total. The fourth-order valence-corrected chi connectivity index (χ4v) is 8.20. The van der Waals surface area contributed by atoms with Crippen molar-refractivity contribution in [1.29, 1.82) is 0 Å². The topological polar surface area (TPSA) is 20.2 Å². The smallest absolute Gasteiger partial charge is 0.203 e. The molecule has 0 aliphatic heterocycles. The first kappa shape index (κ1) is 17.4. The summed E-state index contributed by atoms with van der Waals surface area (Å²) in [6, 6.07) is 0. The summed E-state index contributed by atoms with van der Waals surface area (Å²) in [4.78, 5) is 11.2. The average Bonchev–Trinajstić information content (AvgIpc) is 2.68. The van der Waals surface area contributed by atoms with Gasteiger partial charge in [-0.05, 0) is 17.5 Å². The Labute approximate surface area is 122 Å². The zero-order valence-corrected chi connectivity index (χ0v) is 14.6. The van der Waals surface area contributed by atoms with Crippen molar-refractivity contribution >= 4 is 8.32 Å². The van der Waals surface area contributed by atoms with Gasteiger partial charge in [0.25, 0.3) is 0 Å². The van der Waals surface area contributed by atoms with Crippen molar-refractivity contribution in [3.8, 4) is 0 Å². The third-order valence-electron chi connectivity index (χ3n) is 4.34. The molecule has 96 valence electrons. The van der Waals surface area contributed by atoms with E-state index in [1.807, 2.05) is 0 Å². The van der Waals surface area contributed by atoms with Gasteiger partial charge in [0.1, 0.15) is 0 Å². The molecule has 1 nitrogen and oxygen atoms in total. The van der Waals surface area contributed by atoms with Crippen molar-refractivity contribution in [3.05, 3.63) is 23.8 Å². The van der Waals surface area contributed by atoms with Crippen LogP contribution in [0.1, 0.15) is 48.0 Å². The van der Waals surface area contributed by atoms with Gasteiger partial charge in [-0.25, -0.2) is 0 Å². The van der Waals surface area contributed by atoms with Gasteiger partial charge in [-0.3, -0.25) is 0 Å². The van der Waals surface area contributed by atoms with Crippen LogP contribution in [-0.4, -0.2) is 13.1 Å². The van der Waals surface area contributed by atoms with Gasteiger partial charge in [-0.1, -0.05) is 65.3 Å². The first-order valence-electron chi connectivity index (χ1n) is 6.33. The molecule has 0 aromatic heterocycles. The number of allylic oxidation sites excluding steroid dienone is 4. The van der Waals surface area contributed by atoms with Crippen LogP contribution in [0.25, 0.3) is 0 Å². The van der Waals surface area contributed by atoms with Gasteiger partial charge in [0.05, 0.1) is 0 Å². The van der Waals surface area contributed by atoms with E-state index >= 15 is 0 Å². The summed E-state index contributed by atoms with van der Waals surface area (Å²) in [5.74, 6) is 0. The zero-order valence-electron chi connectivity index (χ0n) is 12.0. The second-order valence-electron chi connectivity index (χ2n) is 6.08. The van der Waals surface area contributed by atoms with E-state index in [9.17, 15) is 4.80 Å². The van der Waals surface area contributed by atoms with E-state index in [2.05, 4.69) is 59.8 Å². The number of hydrogen-bond acceptors (Lipinski definition) is 1. The van der Waals surface area contributed by atoms with Crippen LogP contribution in [0, 0.1) is 0 Å². The Kier molecular flexibility index (Phi) is 6.14. The van der Waals surface area contributed by atoms with Crippen molar-refractivity contribution in [2.24, 2.45) is 0 Å². The van der Waals surface area contributed by atoms with Crippen LogP contribution < -0.4 is 0 Å². The summed E-state index contributed by atoms with van der Waals surface area (Å²) in [7, 11) is -2.31. The average molecular weight is 286 g/mol. The Morgan fingerprint density at radius 2 is 1.65 bits per heavy atom. The Hall–Kier alpha value is 0.371. The molecule has 0 aromatic rings. The molecule has 1 aliphatic rings. The van der Waals surface area contributed by atoms with Gasteiger partial charge < -0.3 is 4.80 Å². The first-order valence-corrected chi connectivity index (χ1v) is 8.43. The van der Waals surface area contributed by atoms with Gasteiger partial charge in [-0.2, -0.15) is 0 Å². The van der Waals surface area contributed by atoms with Crippen LogP contribution in [0.4, 0.5) is 0 Å². The standard InChI is InChI=1S/C14H26OSi.Ti/c1-11(2)16(15,12(3)4)14(5,6)13-9-7-8-10-13;/h7-9,11-12,15H,10H2,1-6H3;. The van der Waals surface area contributed by atoms with E-state index in [4.69, 9.17) is 0 Å². The molecule has 1 aliphatic carbocycles. The van der Waals surface area contributed by atoms with Crippen LogP contribution in [-0.2, 0) is 21.7 Å². The third kappa shape index (κ3) is 2.86. The number of hydrogen-bond donors (Lipinski definition) is 1. The Balaban J connectivity index is 0.00000256. The minimum Gasteiger partial charge on any atom is -0.430 e. The maximum absolute atomic E-state index is 11.2. The summed E-state index contributed by atoms with van der Waals surface area (Å²) < 4.78 is 0. The van der Waals surface area contributed by atoms with Gasteiger partial charge in [0.2, 0.25) is 8.32 Å². The Morgan fingerprint density at radius 1 is 1.18 bits per heavy atom. The molecule has 0 fully saturated rings. The maximum atomic E-state index is 11.2. The van der Waals surface area contributed by atoms with Gasteiger partial charge in [0.15, 0.2) is 0 Å². The predicted octanol–water partition coefficient (Wildman–Crippen LogP) is 4.41. The fraction of sp³-hybridized carbons (Fsp3) is 0.714. The molecule has 0 spiro atoms. The molecule has 3 heteroatoms. The van der Waals surface area contributed by atoms with E-state index in [0.29, 0.717) is 11.1 Å². The van der Waals surface area contributed by atoms with Crippen LogP contribution in [0.2, 0.25) is 16.1 Å². The molecule has 17 heavy (non-hydrogen) atoms. The summed E-state index contributed by atoms with van der Waals surface area (Å²) in [5.41, 5.74) is 2.19. The van der Waals surface area contributed by atoms with Crippen molar-refractivity contribution in [1.82, 2.24) is 0 Å². The quantitative estimate of drug-likeness (QED) is 0.759. The number of rotatable bonds is 4. The largest absolute Gasteiger partial charge is 0.430 e. The molecule has 0 radical (unpaired) electrons. The molecule has 0 heterocycles. The minimum absolute atomic E-state index is 0. The van der Waals surface area contributed by atoms with Gasteiger partial charge in [-0.15, -0.1) is 0 Å². The molecule has 0 atom stereocenters. The monoisotopic (exact) mass is 286 g/mol. The summed E-state index contributed by atoms with van der Waals surface area (Å²) in [5, 5.41) is -0.0289. The summed E-state index contributed by atoms with van der Waals surface area (Å²) >= 11 is 0. The normalized spacial score (nSPS) is 16.4. The Bertz CT molecular complexity index is 308. The molecule has 0 saturated heterocycles. The van der Waals surface area contributed by atoms with Crippen molar-refractivity contribution in [2.45, 2.75) is 64.1 Å². The van der Waals surface area contributed by atoms with Crippen LogP contribution >= 0.6 is 0 Å². The maximum Gasteiger partial charge on any atom is 0.203 e. The molecular weight excluding hydrogens is 260 g/mol. The summed E-state index contributed by atoms with van der Waals surface area (Å²) in [6.07, 6.45) is 7.52. The molecule has 0 unspecified atom stereocenters. The van der Waals surface area contributed by atoms with Crippen LogP contribution in [0.15, 0.2) is 23.8 Å². The van der Waals surface area contributed by atoms with Crippen molar-refractivity contribution in [2.75, 3.05) is 0 Å². The van der Waals surface area contributed by atoms with E-state index in [0.717, 1.165) is 6.42 Å². The minimum atomic E-state index is -2.31. The fourth-order valence-electron chi connectivity index (χ4n) is 3.28. The second kappa shape index (κ2) is 6.01. The van der Waals surface area contributed by atoms with E-state index in [-0.39, 0.29) is 26.8 Å². The molecular formula is C14H26OSiTi. The third-order valence-corrected chi connectivity index (χ3v) is 10.2. The van der Waals surface area contributed by atoms with Crippen molar-refractivity contribution in [3.63, 3.8) is 0 Å². The molecule has 0 amide bonds. The van der Waals surface area contributed by atoms with Crippen LogP contribution in [0.5, 0.6) is 0 Å². The van der Waals surface area contributed by atoms with Crippen LogP contribution in [0.3, 0.4) is 0 Å². The van der Waals surface area contributed by atoms with E-state index < -0.39 is 8.32 Å². The molecule has 1 rings (SSSR count). The molecule has 0 aromatic carbocycles. The zero-order chi connectivity index (χ0) is 12.6. The first-order chi connectivity index (χ1) is 7.24. The van der Waals surface area contributed by atoms with Crippen molar-refractivity contribution < 1.29 is 26.5 Å². The molecule has 0 bridgehead atoms. The molecule has 0 saturated carbocycles. The summed E-state index contributed by atoms with van der Waals surface area (Å²) in [6.45, 7) is 13.2. The van der Waals surface area contributed by atoms with Gasteiger partial charge in [0, 0.05) is 26.8 Å². The van der Waals surface area contributed by atoms with E-state index in [1.54, 1.807) is 0 Å². The van der Waals surface area contributed by atoms with Gasteiger partial charge >= 0.3 is 0 Å². The SMILES string of the molecule is CC(C)[Si](O)(C(C)C)C(C)(C)C1=CC=CC1.[Ti]. The predicted molar refractivity (Wildman–Crippen MR) is 74.0 cm³/mol. The second-order valence-corrected chi connectivity index (χ2v) is 11.3.